The Labute approximate surface area is 210 Å². The summed E-state index contributed by atoms with van der Waals surface area (Å²) in [6, 6.07) is 5.00. The van der Waals surface area contributed by atoms with Gasteiger partial charge < -0.3 is 15.0 Å². The average Bonchev–Trinajstić information content (AvgIpc) is 3.37. The molecule has 1 N–H and O–H groups in total. The van der Waals surface area contributed by atoms with Gasteiger partial charge in [-0.15, -0.1) is 22.7 Å². The van der Waals surface area contributed by atoms with Crippen LogP contribution in [0.15, 0.2) is 29.6 Å². The first kappa shape index (κ1) is 25.6. The maximum absolute atomic E-state index is 13.4. The normalized spacial score (nSPS) is 15.2. The second-order valence-corrected chi connectivity index (χ2v) is 10.8. The molecule has 188 valence electrons. The van der Waals surface area contributed by atoms with Crippen LogP contribution in [-0.2, 0) is 15.7 Å². The predicted octanol–water partition coefficient (Wildman–Crippen LogP) is 6.16. The van der Waals surface area contributed by atoms with Crippen molar-refractivity contribution in [1.29, 1.82) is 0 Å². The molecule has 3 aromatic rings. The number of thiazole rings is 2. The molecule has 1 aromatic carbocycles. The van der Waals surface area contributed by atoms with Crippen LogP contribution in [0.25, 0.3) is 10.6 Å². The van der Waals surface area contributed by atoms with Crippen molar-refractivity contribution in [3.8, 4) is 10.6 Å². The number of alkyl halides is 3. The molecular formula is C24H27F3N4O2S2. The van der Waals surface area contributed by atoms with E-state index >= 15 is 0 Å². The van der Waals surface area contributed by atoms with Crippen LogP contribution in [0.3, 0.4) is 0 Å². The smallest absolute Gasteiger partial charge is 0.380 e. The van der Waals surface area contributed by atoms with Crippen molar-refractivity contribution in [2.45, 2.75) is 39.8 Å². The van der Waals surface area contributed by atoms with Crippen molar-refractivity contribution in [2.24, 2.45) is 5.41 Å². The van der Waals surface area contributed by atoms with Crippen molar-refractivity contribution >= 4 is 39.4 Å². The Hall–Kier alpha value is -2.50. The predicted molar refractivity (Wildman–Crippen MR) is 133 cm³/mol. The Morgan fingerprint density at radius 1 is 1.20 bits per heavy atom. The van der Waals surface area contributed by atoms with E-state index in [1.165, 1.54) is 23.5 Å². The molecule has 1 aliphatic rings. The van der Waals surface area contributed by atoms with Crippen LogP contribution in [0.1, 0.15) is 36.0 Å². The van der Waals surface area contributed by atoms with E-state index in [2.05, 4.69) is 22.2 Å². The number of halogens is 3. The monoisotopic (exact) mass is 524 g/mol. The van der Waals surface area contributed by atoms with Gasteiger partial charge in [-0.3, -0.25) is 4.79 Å². The summed E-state index contributed by atoms with van der Waals surface area (Å²) >= 11 is 2.91. The molecule has 6 nitrogen and oxygen atoms in total. The van der Waals surface area contributed by atoms with Crippen molar-refractivity contribution in [1.82, 2.24) is 9.97 Å². The Bertz CT molecular complexity index is 1170. The highest BCUT2D eigenvalue weighted by atomic mass is 32.1. The van der Waals surface area contributed by atoms with Gasteiger partial charge in [-0.05, 0) is 44.5 Å². The number of ether oxygens (including phenoxy) is 1. The summed E-state index contributed by atoms with van der Waals surface area (Å²) in [5.74, 6) is -0.199. The topological polar surface area (TPSA) is 67.3 Å². The Morgan fingerprint density at radius 3 is 2.51 bits per heavy atom. The molecule has 0 radical (unpaired) electrons. The minimum Gasteiger partial charge on any atom is -0.380 e. The number of hydrogen-bond donors (Lipinski definition) is 1. The zero-order valence-corrected chi connectivity index (χ0v) is 21.4. The maximum Gasteiger partial charge on any atom is 0.416 e. The molecule has 1 aliphatic heterocycles. The molecule has 1 saturated heterocycles. The van der Waals surface area contributed by atoms with Gasteiger partial charge in [0, 0.05) is 30.8 Å². The number of rotatable bonds is 9. The van der Waals surface area contributed by atoms with Crippen LogP contribution in [-0.4, -0.2) is 42.2 Å². The van der Waals surface area contributed by atoms with E-state index in [0.29, 0.717) is 30.5 Å². The summed E-state index contributed by atoms with van der Waals surface area (Å²) in [6.07, 6.45) is -2.51. The third-order valence-electron chi connectivity index (χ3n) is 5.91. The SMILES string of the molecule is CCCCOCC1(C(=O)Nc2nc(-c3sc(C)nc3C)cs2)CN(c2ccc(C(F)(F)F)cc2)C1. The standard InChI is InChI=1S/C24H27F3N4O2S2/c1-4-5-10-33-14-23(12-31(13-23)18-8-6-17(7-9-18)24(25,26)27)21(32)30-22-29-19(11-34-22)20-15(2)28-16(3)35-20/h6-9,11H,4-5,10,12-14H2,1-3H3,(H,29,30,32). The zero-order valence-electron chi connectivity index (χ0n) is 19.7. The highest BCUT2D eigenvalue weighted by molar-refractivity contribution is 7.16. The van der Waals surface area contributed by atoms with Crippen molar-refractivity contribution in [3.05, 3.63) is 45.9 Å². The lowest BCUT2D eigenvalue weighted by Crippen LogP contribution is -2.64. The largest absolute Gasteiger partial charge is 0.416 e. The van der Waals surface area contributed by atoms with Gasteiger partial charge in [-0.2, -0.15) is 13.2 Å². The molecule has 35 heavy (non-hydrogen) atoms. The van der Waals surface area contributed by atoms with Crippen LogP contribution in [0.4, 0.5) is 24.0 Å². The quantitative estimate of drug-likeness (QED) is 0.340. The first-order chi connectivity index (χ1) is 16.6. The van der Waals surface area contributed by atoms with Gasteiger partial charge in [-0.25, -0.2) is 9.97 Å². The van der Waals surface area contributed by atoms with E-state index in [1.54, 1.807) is 11.3 Å². The summed E-state index contributed by atoms with van der Waals surface area (Å²) in [4.78, 5) is 25.2. The molecule has 0 saturated carbocycles. The number of nitrogens with zero attached hydrogens (tertiary/aromatic N) is 3. The van der Waals surface area contributed by atoms with Gasteiger partial charge in [0.25, 0.3) is 0 Å². The van der Waals surface area contributed by atoms with Crippen molar-refractivity contribution < 1.29 is 22.7 Å². The first-order valence-electron chi connectivity index (χ1n) is 11.3. The third kappa shape index (κ3) is 5.68. The van der Waals surface area contributed by atoms with Crippen LogP contribution in [0.5, 0.6) is 0 Å². The molecule has 4 rings (SSSR count). The number of carbonyl (C=O) groups excluding carboxylic acids is 1. The number of anilines is 2. The molecule has 0 aliphatic carbocycles. The molecule has 2 aromatic heterocycles. The van der Waals surface area contributed by atoms with E-state index in [9.17, 15) is 18.0 Å². The van der Waals surface area contributed by atoms with Crippen LogP contribution >= 0.6 is 22.7 Å². The fourth-order valence-electron chi connectivity index (χ4n) is 3.98. The fraction of sp³-hybridized carbons (Fsp3) is 0.458. The molecule has 0 spiro atoms. The third-order valence-corrected chi connectivity index (χ3v) is 7.76. The highest BCUT2D eigenvalue weighted by Crippen LogP contribution is 2.39. The summed E-state index contributed by atoms with van der Waals surface area (Å²) < 4.78 is 44.5. The van der Waals surface area contributed by atoms with Gasteiger partial charge in [0.1, 0.15) is 5.41 Å². The van der Waals surface area contributed by atoms with Gasteiger partial charge in [0.15, 0.2) is 5.13 Å². The van der Waals surface area contributed by atoms with Gasteiger partial charge in [-0.1, -0.05) is 13.3 Å². The second-order valence-electron chi connectivity index (χ2n) is 8.73. The summed E-state index contributed by atoms with van der Waals surface area (Å²) in [6.45, 7) is 7.43. The average molecular weight is 525 g/mol. The highest BCUT2D eigenvalue weighted by Gasteiger charge is 2.50. The number of unbranched alkanes of at least 4 members (excludes halogenated alkanes) is 1. The Morgan fingerprint density at radius 2 is 1.91 bits per heavy atom. The molecule has 0 unspecified atom stereocenters. The molecule has 3 heterocycles. The molecule has 1 fully saturated rings. The number of nitrogens with one attached hydrogen (secondary N) is 1. The molecule has 1 amide bonds. The Balaban J connectivity index is 1.46. The van der Waals surface area contributed by atoms with E-state index in [0.717, 1.165) is 46.2 Å². The van der Waals surface area contributed by atoms with Crippen molar-refractivity contribution in [3.63, 3.8) is 0 Å². The van der Waals surface area contributed by atoms with Crippen molar-refractivity contribution in [2.75, 3.05) is 36.5 Å². The maximum atomic E-state index is 13.4. The molecule has 0 bridgehead atoms. The number of hydrogen-bond acceptors (Lipinski definition) is 7. The van der Waals surface area contributed by atoms with E-state index < -0.39 is 17.2 Å². The summed E-state index contributed by atoms with van der Waals surface area (Å²) in [5.41, 5.74) is 0.825. The lowest BCUT2D eigenvalue weighted by Gasteiger charge is -2.49. The van der Waals surface area contributed by atoms with Crippen LogP contribution < -0.4 is 10.2 Å². The fourth-order valence-corrected chi connectivity index (χ4v) is 5.63. The van der Waals surface area contributed by atoms with Crippen LogP contribution in [0.2, 0.25) is 0 Å². The number of amides is 1. The minimum absolute atomic E-state index is 0.199. The molecule has 11 heteroatoms. The minimum atomic E-state index is -4.38. The second kappa shape index (κ2) is 10.2. The van der Waals surface area contributed by atoms with Gasteiger partial charge in [0.2, 0.25) is 5.91 Å². The van der Waals surface area contributed by atoms with E-state index in [1.807, 2.05) is 24.1 Å². The van der Waals surface area contributed by atoms with E-state index in [-0.39, 0.29) is 12.5 Å². The van der Waals surface area contributed by atoms with Gasteiger partial charge in [0.05, 0.1) is 33.4 Å². The van der Waals surface area contributed by atoms with Crippen LogP contribution in [0, 0.1) is 19.3 Å². The van der Waals surface area contributed by atoms with E-state index in [4.69, 9.17) is 4.74 Å². The lowest BCUT2D eigenvalue weighted by atomic mass is 9.79. The number of carbonyl (C=O) groups is 1. The number of aryl methyl sites for hydroxylation is 2. The first-order valence-corrected chi connectivity index (χ1v) is 13.0. The zero-order chi connectivity index (χ0) is 25.2. The summed E-state index contributed by atoms with van der Waals surface area (Å²) in [5, 5.41) is 6.29. The number of aromatic nitrogens is 2. The number of benzene rings is 1. The molecular weight excluding hydrogens is 497 g/mol. The lowest BCUT2D eigenvalue weighted by molar-refractivity contribution is -0.137. The van der Waals surface area contributed by atoms with Gasteiger partial charge >= 0.3 is 6.18 Å². The molecule has 0 atom stereocenters. The Kier molecular flexibility index (Phi) is 7.48. The summed E-state index contributed by atoms with van der Waals surface area (Å²) in [7, 11) is 0.